The molecule has 21 heavy (non-hydrogen) atoms. The molecule has 0 aromatic heterocycles. The molecule has 1 fully saturated rings. The minimum Gasteiger partial charge on any atom is -0.489 e. The molecule has 1 aromatic rings. The molecule has 1 saturated heterocycles. The number of nitrogens with one attached hydrogen (secondary N) is 2. The molecule has 0 amide bonds. The van der Waals surface area contributed by atoms with Crippen LogP contribution < -0.4 is 20.1 Å². The van der Waals surface area contributed by atoms with Crippen LogP contribution in [0.5, 0.6) is 11.5 Å². The van der Waals surface area contributed by atoms with E-state index in [4.69, 9.17) is 9.47 Å². The van der Waals surface area contributed by atoms with Crippen molar-refractivity contribution in [2.75, 3.05) is 26.3 Å². The number of ether oxygens (including phenoxy) is 2. The topological polar surface area (TPSA) is 42.5 Å². The Hall–Kier alpha value is -1.78. The molecule has 0 bridgehead atoms. The highest BCUT2D eigenvalue weighted by molar-refractivity contribution is 5.41. The van der Waals surface area contributed by atoms with Crippen LogP contribution in [-0.2, 0) is 6.54 Å². The van der Waals surface area contributed by atoms with Crippen molar-refractivity contribution in [3.05, 3.63) is 49.1 Å². The molecule has 114 valence electrons. The van der Waals surface area contributed by atoms with Crippen LogP contribution in [0.2, 0.25) is 0 Å². The molecule has 1 unspecified atom stereocenters. The van der Waals surface area contributed by atoms with E-state index in [0.29, 0.717) is 19.3 Å². The Morgan fingerprint density at radius 1 is 1.24 bits per heavy atom. The Kier molecular flexibility index (Phi) is 6.31. The SMILES string of the molecule is C=CCOc1ccc(CNC2CCNC2)c(OCC=C)c1. The highest BCUT2D eigenvalue weighted by atomic mass is 16.5. The molecule has 0 aliphatic carbocycles. The van der Waals surface area contributed by atoms with E-state index in [1.165, 1.54) is 6.42 Å². The van der Waals surface area contributed by atoms with Crippen molar-refractivity contribution in [1.82, 2.24) is 10.6 Å². The van der Waals surface area contributed by atoms with Crippen LogP contribution in [0.15, 0.2) is 43.5 Å². The Balaban J connectivity index is 2.01. The molecule has 1 aromatic carbocycles. The van der Waals surface area contributed by atoms with E-state index in [0.717, 1.165) is 36.7 Å². The largest absolute Gasteiger partial charge is 0.489 e. The minimum atomic E-state index is 0.489. The minimum absolute atomic E-state index is 0.489. The van der Waals surface area contributed by atoms with Gasteiger partial charge in [0, 0.05) is 30.8 Å². The van der Waals surface area contributed by atoms with E-state index in [1.807, 2.05) is 18.2 Å². The van der Waals surface area contributed by atoms with Crippen LogP contribution in [-0.4, -0.2) is 32.3 Å². The first-order valence-electron chi connectivity index (χ1n) is 7.38. The second kappa shape index (κ2) is 8.49. The fourth-order valence-corrected chi connectivity index (χ4v) is 2.29. The van der Waals surface area contributed by atoms with E-state index in [-0.39, 0.29) is 0 Å². The summed E-state index contributed by atoms with van der Waals surface area (Å²) in [5, 5.41) is 6.91. The van der Waals surface area contributed by atoms with Crippen molar-refractivity contribution >= 4 is 0 Å². The van der Waals surface area contributed by atoms with Gasteiger partial charge in [-0.2, -0.15) is 0 Å². The summed E-state index contributed by atoms with van der Waals surface area (Å²) in [7, 11) is 0. The second-order valence-corrected chi connectivity index (χ2v) is 5.04. The predicted octanol–water partition coefficient (Wildman–Crippen LogP) is 2.27. The molecule has 4 heteroatoms. The number of hydrogen-bond acceptors (Lipinski definition) is 4. The molecule has 1 heterocycles. The first kappa shape index (κ1) is 15.6. The number of rotatable bonds is 9. The summed E-state index contributed by atoms with van der Waals surface area (Å²) in [5.74, 6) is 1.63. The fraction of sp³-hybridized carbons (Fsp3) is 0.412. The molecule has 0 saturated carbocycles. The number of hydrogen-bond donors (Lipinski definition) is 2. The van der Waals surface area contributed by atoms with Crippen LogP contribution >= 0.6 is 0 Å². The molecular formula is C17H24N2O2. The lowest BCUT2D eigenvalue weighted by atomic mass is 10.1. The van der Waals surface area contributed by atoms with Gasteiger partial charge in [-0.1, -0.05) is 31.4 Å². The number of benzene rings is 1. The highest BCUT2D eigenvalue weighted by Crippen LogP contribution is 2.25. The smallest absolute Gasteiger partial charge is 0.127 e. The summed E-state index contributed by atoms with van der Waals surface area (Å²) < 4.78 is 11.3. The Bertz CT molecular complexity index is 468. The third kappa shape index (κ3) is 4.92. The van der Waals surface area contributed by atoms with Gasteiger partial charge in [0.05, 0.1) is 0 Å². The summed E-state index contributed by atoms with van der Waals surface area (Å²) in [4.78, 5) is 0. The maximum Gasteiger partial charge on any atom is 0.127 e. The van der Waals surface area contributed by atoms with Gasteiger partial charge in [-0.05, 0) is 19.0 Å². The zero-order valence-corrected chi connectivity index (χ0v) is 12.4. The van der Waals surface area contributed by atoms with Crippen LogP contribution in [0.1, 0.15) is 12.0 Å². The molecular weight excluding hydrogens is 264 g/mol. The monoisotopic (exact) mass is 288 g/mol. The predicted molar refractivity (Wildman–Crippen MR) is 85.9 cm³/mol. The molecule has 2 rings (SSSR count). The van der Waals surface area contributed by atoms with Crippen molar-refractivity contribution in [3.63, 3.8) is 0 Å². The fourth-order valence-electron chi connectivity index (χ4n) is 2.29. The normalized spacial score (nSPS) is 17.4. The maximum absolute atomic E-state index is 5.74. The lowest BCUT2D eigenvalue weighted by Gasteiger charge is -2.15. The summed E-state index contributed by atoms with van der Waals surface area (Å²) in [6.45, 7) is 11.2. The average Bonchev–Trinajstić information content (AvgIpc) is 3.03. The van der Waals surface area contributed by atoms with Gasteiger partial charge in [0.2, 0.25) is 0 Å². The Labute approximate surface area is 126 Å². The zero-order chi connectivity index (χ0) is 14.9. The van der Waals surface area contributed by atoms with Gasteiger partial charge in [-0.15, -0.1) is 0 Å². The second-order valence-electron chi connectivity index (χ2n) is 5.04. The van der Waals surface area contributed by atoms with Crippen molar-refractivity contribution in [2.45, 2.75) is 19.0 Å². The molecule has 2 N–H and O–H groups in total. The molecule has 1 atom stereocenters. The van der Waals surface area contributed by atoms with Gasteiger partial charge in [0.15, 0.2) is 0 Å². The lowest BCUT2D eigenvalue weighted by molar-refractivity contribution is 0.341. The summed E-state index contributed by atoms with van der Waals surface area (Å²) in [5.41, 5.74) is 1.13. The van der Waals surface area contributed by atoms with E-state index in [9.17, 15) is 0 Å². The van der Waals surface area contributed by atoms with Crippen LogP contribution in [0.4, 0.5) is 0 Å². The molecule has 1 aliphatic rings. The third-order valence-corrected chi connectivity index (χ3v) is 3.40. The standard InChI is InChI=1S/C17H24N2O2/c1-3-9-20-16-6-5-14(17(11-16)21-10-4-2)12-19-15-7-8-18-13-15/h3-6,11,15,18-19H,1-2,7-10,12-13H2. The van der Waals surface area contributed by atoms with Gasteiger partial charge in [0.25, 0.3) is 0 Å². The third-order valence-electron chi connectivity index (χ3n) is 3.40. The summed E-state index contributed by atoms with van der Waals surface area (Å²) >= 11 is 0. The van der Waals surface area contributed by atoms with E-state index in [2.05, 4.69) is 23.8 Å². The maximum atomic E-state index is 5.74. The molecule has 0 spiro atoms. The van der Waals surface area contributed by atoms with Crippen LogP contribution in [0.25, 0.3) is 0 Å². The highest BCUT2D eigenvalue weighted by Gasteiger charge is 2.14. The van der Waals surface area contributed by atoms with Gasteiger partial charge in [-0.25, -0.2) is 0 Å². The Morgan fingerprint density at radius 3 is 2.76 bits per heavy atom. The summed E-state index contributed by atoms with van der Waals surface area (Å²) in [6, 6.07) is 6.48. The van der Waals surface area contributed by atoms with E-state index in [1.54, 1.807) is 12.2 Å². The van der Waals surface area contributed by atoms with E-state index < -0.39 is 0 Å². The molecule has 1 aliphatic heterocycles. The van der Waals surface area contributed by atoms with Crippen LogP contribution in [0, 0.1) is 0 Å². The van der Waals surface area contributed by atoms with E-state index >= 15 is 0 Å². The van der Waals surface area contributed by atoms with Crippen molar-refractivity contribution in [3.8, 4) is 11.5 Å². The van der Waals surface area contributed by atoms with Crippen molar-refractivity contribution in [2.24, 2.45) is 0 Å². The van der Waals surface area contributed by atoms with Gasteiger partial charge in [0.1, 0.15) is 24.7 Å². The van der Waals surface area contributed by atoms with Gasteiger partial charge >= 0.3 is 0 Å². The van der Waals surface area contributed by atoms with Gasteiger partial charge < -0.3 is 20.1 Å². The quantitative estimate of drug-likeness (QED) is 0.684. The summed E-state index contributed by atoms with van der Waals surface area (Å²) in [6.07, 6.45) is 4.64. The Morgan fingerprint density at radius 2 is 2.05 bits per heavy atom. The van der Waals surface area contributed by atoms with Crippen LogP contribution in [0.3, 0.4) is 0 Å². The first-order valence-corrected chi connectivity index (χ1v) is 7.38. The molecule has 0 radical (unpaired) electrons. The lowest BCUT2D eigenvalue weighted by Crippen LogP contribution is -2.30. The zero-order valence-electron chi connectivity index (χ0n) is 12.4. The van der Waals surface area contributed by atoms with Crippen molar-refractivity contribution in [1.29, 1.82) is 0 Å². The van der Waals surface area contributed by atoms with Crippen molar-refractivity contribution < 1.29 is 9.47 Å². The first-order chi connectivity index (χ1) is 10.3. The van der Waals surface area contributed by atoms with Gasteiger partial charge in [-0.3, -0.25) is 0 Å². The molecule has 4 nitrogen and oxygen atoms in total. The average molecular weight is 288 g/mol.